The third kappa shape index (κ3) is 4.92. The van der Waals surface area contributed by atoms with E-state index < -0.39 is 0 Å². The Balaban J connectivity index is 2.15. The minimum Gasteiger partial charge on any atom is -0.488 e. The predicted octanol–water partition coefficient (Wildman–Crippen LogP) is 4.21. The molecule has 0 radical (unpaired) electrons. The zero-order valence-electron chi connectivity index (χ0n) is 12.0. The Hall–Kier alpha value is -1.78. The summed E-state index contributed by atoms with van der Waals surface area (Å²) in [7, 11) is 3.91. The second-order valence-corrected chi connectivity index (χ2v) is 5.24. The molecule has 0 spiro atoms. The number of rotatable bonds is 6. The molecule has 3 nitrogen and oxygen atoms in total. The predicted molar refractivity (Wildman–Crippen MR) is 82.0 cm³/mol. The highest BCUT2D eigenvalue weighted by molar-refractivity contribution is 6.30. The molecule has 0 amide bonds. The van der Waals surface area contributed by atoms with Crippen LogP contribution in [0.25, 0.3) is 0 Å². The van der Waals surface area contributed by atoms with E-state index in [2.05, 4.69) is 0 Å². The Morgan fingerprint density at radius 2 is 1.90 bits per heavy atom. The molecule has 0 fully saturated rings. The maximum Gasteiger partial charge on any atom is 0.172 e. The van der Waals surface area contributed by atoms with Gasteiger partial charge in [-0.25, -0.2) is 4.39 Å². The summed E-state index contributed by atoms with van der Waals surface area (Å²) in [6.45, 7) is 1.25. The number of ether oxygens (including phenoxy) is 2. The van der Waals surface area contributed by atoms with Gasteiger partial charge in [0.1, 0.15) is 18.2 Å². The lowest BCUT2D eigenvalue weighted by Gasteiger charge is -2.14. The molecule has 0 N–H and O–H groups in total. The molecule has 2 aromatic rings. The highest BCUT2D eigenvalue weighted by Gasteiger charge is 2.09. The fraction of sp³-hybridized carbons (Fsp3) is 0.250. The molecule has 5 heteroatoms. The average molecular weight is 310 g/mol. The van der Waals surface area contributed by atoms with Crippen molar-refractivity contribution in [1.29, 1.82) is 0 Å². The fourth-order valence-corrected chi connectivity index (χ4v) is 1.86. The summed E-state index contributed by atoms with van der Waals surface area (Å²) in [6, 6.07) is 11.1. The fourth-order valence-electron chi connectivity index (χ4n) is 1.68. The van der Waals surface area contributed by atoms with Crippen LogP contribution in [0.15, 0.2) is 42.5 Å². The first-order valence-corrected chi connectivity index (χ1v) is 6.93. The van der Waals surface area contributed by atoms with Gasteiger partial charge in [0.2, 0.25) is 0 Å². The molecule has 0 saturated heterocycles. The number of hydrogen-bond acceptors (Lipinski definition) is 3. The molecule has 112 valence electrons. The lowest BCUT2D eigenvalue weighted by atomic mass is 10.3. The highest BCUT2D eigenvalue weighted by Crippen LogP contribution is 2.33. The van der Waals surface area contributed by atoms with Crippen LogP contribution in [0.2, 0.25) is 5.02 Å². The molecule has 0 bridgehead atoms. The van der Waals surface area contributed by atoms with Crippen molar-refractivity contribution in [2.75, 3.05) is 27.2 Å². The van der Waals surface area contributed by atoms with Gasteiger partial charge in [-0.2, -0.15) is 0 Å². The topological polar surface area (TPSA) is 21.7 Å². The summed E-state index contributed by atoms with van der Waals surface area (Å²) in [5.74, 6) is 0.979. The van der Waals surface area contributed by atoms with E-state index in [9.17, 15) is 4.39 Å². The van der Waals surface area contributed by atoms with Crippen LogP contribution in [0.3, 0.4) is 0 Å². The normalized spacial score (nSPS) is 10.7. The Morgan fingerprint density at radius 3 is 2.62 bits per heavy atom. The van der Waals surface area contributed by atoms with Gasteiger partial charge < -0.3 is 14.4 Å². The maximum absolute atomic E-state index is 13.4. The summed E-state index contributed by atoms with van der Waals surface area (Å²) < 4.78 is 24.7. The number of benzene rings is 2. The molecular formula is C16H17ClFNO2. The lowest BCUT2D eigenvalue weighted by molar-refractivity contribution is 0.253. The van der Waals surface area contributed by atoms with Gasteiger partial charge in [0.25, 0.3) is 0 Å². The summed E-state index contributed by atoms with van der Waals surface area (Å²) in [6.07, 6.45) is 0. The van der Waals surface area contributed by atoms with Crippen molar-refractivity contribution in [1.82, 2.24) is 4.90 Å². The van der Waals surface area contributed by atoms with E-state index in [4.69, 9.17) is 21.1 Å². The van der Waals surface area contributed by atoms with Gasteiger partial charge in [-0.05, 0) is 44.4 Å². The first-order valence-electron chi connectivity index (χ1n) is 6.55. The van der Waals surface area contributed by atoms with Gasteiger partial charge in [-0.3, -0.25) is 0 Å². The van der Waals surface area contributed by atoms with Crippen LogP contribution in [0.5, 0.6) is 17.2 Å². The van der Waals surface area contributed by atoms with E-state index in [0.717, 1.165) is 6.54 Å². The second kappa shape index (κ2) is 7.29. The third-order valence-electron chi connectivity index (χ3n) is 2.73. The quantitative estimate of drug-likeness (QED) is 0.798. The van der Waals surface area contributed by atoms with E-state index in [-0.39, 0.29) is 5.82 Å². The molecule has 0 saturated carbocycles. The molecule has 0 aromatic heterocycles. The van der Waals surface area contributed by atoms with Gasteiger partial charge in [-0.15, -0.1) is 0 Å². The van der Waals surface area contributed by atoms with Crippen LogP contribution in [-0.4, -0.2) is 32.1 Å². The van der Waals surface area contributed by atoms with Crippen molar-refractivity contribution in [2.24, 2.45) is 0 Å². The van der Waals surface area contributed by atoms with Gasteiger partial charge in [0.05, 0.1) is 0 Å². The Labute approximate surface area is 128 Å². The number of likely N-dealkylation sites (N-methyl/N-ethyl adjacent to an activating group) is 1. The van der Waals surface area contributed by atoms with E-state index in [1.807, 2.05) is 19.0 Å². The second-order valence-electron chi connectivity index (χ2n) is 4.80. The Bertz CT molecular complexity index is 605. The van der Waals surface area contributed by atoms with Crippen LogP contribution < -0.4 is 9.47 Å². The number of nitrogens with zero attached hydrogens (tertiary/aromatic N) is 1. The van der Waals surface area contributed by atoms with E-state index >= 15 is 0 Å². The molecular weight excluding hydrogens is 293 g/mol. The molecule has 0 aliphatic rings. The van der Waals surface area contributed by atoms with E-state index in [1.165, 1.54) is 12.1 Å². The van der Waals surface area contributed by atoms with Crippen molar-refractivity contribution in [3.63, 3.8) is 0 Å². The maximum atomic E-state index is 13.4. The molecule has 2 aromatic carbocycles. The molecule has 0 unspecified atom stereocenters. The van der Waals surface area contributed by atoms with Crippen molar-refractivity contribution in [3.8, 4) is 17.2 Å². The van der Waals surface area contributed by atoms with Gasteiger partial charge in [-0.1, -0.05) is 17.7 Å². The molecule has 21 heavy (non-hydrogen) atoms. The standard InChI is InChI=1S/C16H17ClFNO2/c1-19(2)8-9-20-15-7-6-13(18)11-16(15)21-14-5-3-4-12(17)10-14/h3-7,10-11H,8-9H2,1-2H3. The van der Waals surface area contributed by atoms with Crippen LogP contribution in [0, 0.1) is 5.82 Å². The van der Waals surface area contributed by atoms with Crippen LogP contribution in [0.4, 0.5) is 4.39 Å². The molecule has 0 heterocycles. The molecule has 2 rings (SSSR count). The van der Waals surface area contributed by atoms with Crippen molar-refractivity contribution in [2.45, 2.75) is 0 Å². The molecule has 0 aliphatic heterocycles. The summed E-state index contributed by atoms with van der Waals surface area (Å²) in [4.78, 5) is 2.00. The largest absolute Gasteiger partial charge is 0.488 e. The minimum absolute atomic E-state index is 0.330. The first kappa shape index (κ1) is 15.6. The monoisotopic (exact) mass is 309 g/mol. The zero-order chi connectivity index (χ0) is 15.2. The smallest absolute Gasteiger partial charge is 0.172 e. The van der Waals surface area contributed by atoms with Crippen molar-refractivity contribution < 1.29 is 13.9 Å². The first-order chi connectivity index (χ1) is 10.0. The average Bonchev–Trinajstić information content (AvgIpc) is 2.41. The Morgan fingerprint density at radius 1 is 1.10 bits per heavy atom. The lowest BCUT2D eigenvalue weighted by Crippen LogP contribution is -2.19. The van der Waals surface area contributed by atoms with E-state index in [0.29, 0.717) is 28.9 Å². The van der Waals surface area contributed by atoms with Crippen LogP contribution in [0.1, 0.15) is 0 Å². The number of halogens is 2. The van der Waals surface area contributed by atoms with Gasteiger partial charge >= 0.3 is 0 Å². The summed E-state index contributed by atoms with van der Waals surface area (Å²) >= 11 is 5.91. The summed E-state index contributed by atoms with van der Waals surface area (Å²) in [5, 5.41) is 0.555. The molecule has 0 atom stereocenters. The van der Waals surface area contributed by atoms with Gasteiger partial charge in [0, 0.05) is 17.6 Å². The van der Waals surface area contributed by atoms with Crippen LogP contribution in [-0.2, 0) is 0 Å². The summed E-state index contributed by atoms with van der Waals surface area (Å²) in [5.41, 5.74) is 0. The van der Waals surface area contributed by atoms with Crippen molar-refractivity contribution >= 4 is 11.6 Å². The minimum atomic E-state index is -0.382. The SMILES string of the molecule is CN(C)CCOc1ccc(F)cc1Oc1cccc(Cl)c1. The van der Waals surface area contributed by atoms with E-state index in [1.54, 1.807) is 30.3 Å². The van der Waals surface area contributed by atoms with Gasteiger partial charge in [0.15, 0.2) is 11.5 Å². The zero-order valence-corrected chi connectivity index (χ0v) is 12.7. The number of hydrogen-bond donors (Lipinski definition) is 0. The van der Waals surface area contributed by atoms with Crippen LogP contribution >= 0.6 is 11.6 Å². The Kier molecular flexibility index (Phi) is 5.42. The van der Waals surface area contributed by atoms with Crippen molar-refractivity contribution in [3.05, 3.63) is 53.3 Å². The highest BCUT2D eigenvalue weighted by atomic mass is 35.5. The molecule has 0 aliphatic carbocycles. The third-order valence-corrected chi connectivity index (χ3v) is 2.96.